The number of aliphatic carboxylic acids is 1. The van der Waals surface area contributed by atoms with Crippen molar-refractivity contribution in [2.75, 3.05) is 30.3 Å². The molecule has 1 fully saturated rings. The van der Waals surface area contributed by atoms with Crippen molar-refractivity contribution in [1.82, 2.24) is 0 Å². The SMILES string of the molecule is CCSc1cccc(N2CC(C)(OCC(=O)O)C2)c1C#N. The molecule has 0 radical (unpaired) electrons. The third kappa shape index (κ3) is 3.49. The summed E-state index contributed by atoms with van der Waals surface area (Å²) in [5, 5.41) is 18.1. The molecule has 6 heteroatoms. The first-order valence-electron chi connectivity index (χ1n) is 6.75. The Hall–Kier alpha value is -1.71. The van der Waals surface area contributed by atoms with E-state index in [0.29, 0.717) is 18.7 Å². The highest BCUT2D eigenvalue weighted by molar-refractivity contribution is 7.99. The number of hydrogen-bond donors (Lipinski definition) is 1. The highest BCUT2D eigenvalue weighted by Gasteiger charge is 2.41. The second-order valence-electron chi connectivity index (χ2n) is 5.18. The van der Waals surface area contributed by atoms with Crippen LogP contribution in [0.15, 0.2) is 23.1 Å². The van der Waals surface area contributed by atoms with Gasteiger partial charge in [-0.3, -0.25) is 0 Å². The summed E-state index contributed by atoms with van der Waals surface area (Å²) in [6.45, 7) is 4.84. The largest absolute Gasteiger partial charge is 0.480 e. The average Bonchev–Trinajstić information content (AvgIpc) is 2.42. The minimum absolute atomic E-state index is 0.291. The minimum Gasteiger partial charge on any atom is -0.480 e. The van der Waals surface area contributed by atoms with Crippen molar-refractivity contribution >= 4 is 23.4 Å². The smallest absolute Gasteiger partial charge is 0.329 e. The molecule has 1 aromatic carbocycles. The Kier molecular flexibility index (Phi) is 4.76. The van der Waals surface area contributed by atoms with Gasteiger partial charge in [0.15, 0.2) is 0 Å². The number of hydrogen-bond acceptors (Lipinski definition) is 5. The van der Waals surface area contributed by atoms with Gasteiger partial charge in [-0.1, -0.05) is 13.0 Å². The predicted molar refractivity (Wildman–Crippen MR) is 81.8 cm³/mol. The van der Waals surface area contributed by atoms with Crippen LogP contribution in [-0.2, 0) is 9.53 Å². The lowest BCUT2D eigenvalue weighted by Gasteiger charge is -2.49. The van der Waals surface area contributed by atoms with E-state index in [0.717, 1.165) is 16.3 Å². The summed E-state index contributed by atoms with van der Waals surface area (Å²) in [5.41, 5.74) is 1.12. The Bertz CT molecular complexity index is 577. The zero-order valence-electron chi connectivity index (χ0n) is 12.1. The van der Waals surface area contributed by atoms with Crippen molar-refractivity contribution < 1.29 is 14.6 Å². The molecule has 0 aromatic heterocycles. The molecule has 0 unspecified atom stereocenters. The molecule has 112 valence electrons. The fourth-order valence-electron chi connectivity index (χ4n) is 2.43. The van der Waals surface area contributed by atoms with Crippen LogP contribution in [0.2, 0.25) is 0 Å². The molecule has 1 aliphatic heterocycles. The van der Waals surface area contributed by atoms with Crippen LogP contribution < -0.4 is 4.90 Å². The summed E-state index contributed by atoms with van der Waals surface area (Å²) in [6.07, 6.45) is 0. The highest BCUT2D eigenvalue weighted by atomic mass is 32.2. The second kappa shape index (κ2) is 6.37. The monoisotopic (exact) mass is 306 g/mol. The van der Waals surface area contributed by atoms with Crippen molar-refractivity contribution in [2.24, 2.45) is 0 Å². The van der Waals surface area contributed by atoms with Crippen LogP contribution in [0.5, 0.6) is 0 Å². The molecule has 0 saturated carbocycles. The fraction of sp³-hybridized carbons (Fsp3) is 0.467. The predicted octanol–water partition coefficient (Wildman–Crippen LogP) is 2.35. The third-order valence-electron chi connectivity index (χ3n) is 3.35. The molecule has 0 amide bonds. The maximum Gasteiger partial charge on any atom is 0.329 e. The van der Waals surface area contributed by atoms with Crippen LogP contribution >= 0.6 is 11.8 Å². The molecule has 0 aliphatic carbocycles. The number of rotatable bonds is 6. The van der Waals surface area contributed by atoms with Crippen LogP contribution in [0.25, 0.3) is 0 Å². The third-order valence-corrected chi connectivity index (χ3v) is 4.29. The van der Waals surface area contributed by atoms with Gasteiger partial charge in [0.1, 0.15) is 18.3 Å². The number of carboxylic acids is 1. The van der Waals surface area contributed by atoms with E-state index >= 15 is 0 Å². The summed E-state index contributed by atoms with van der Waals surface area (Å²) in [5.74, 6) is -0.0499. The first kappa shape index (κ1) is 15.7. The molecule has 0 spiro atoms. The lowest BCUT2D eigenvalue weighted by atomic mass is 9.94. The van der Waals surface area contributed by atoms with Gasteiger partial charge in [0.05, 0.1) is 11.3 Å². The highest BCUT2D eigenvalue weighted by Crippen LogP contribution is 2.36. The van der Waals surface area contributed by atoms with Gasteiger partial charge in [-0.25, -0.2) is 4.79 Å². The van der Waals surface area contributed by atoms with Gasteiger partial charge in [-0.05, 0) is 24.8 Å². The number of anilines is 1. The van der Waals surface area contributed by atoms with Crippen molar-refractivity contribution in [3.63, 3.8) is 0 Å². The molecule has 1 aromatic rings. The molecular formula is C15H18N2O3S. The number of carboxylic acid groups (broad SMARTS) is 1. The van der Waals surface area contributed by atoms with Gasteiger partial charge in [0.25, 0.3) is 0 Å². The van der Waals surface area contributed by atoms with Crippen molar-refractivity contribution in [2.45, 2.75) is 24.3 Å². The number of benzene rings is 1. The number of nitrogens with zero attached hydrogens (tertiary/aromatic N) is 2. The second-order valence-corrected chi connectivity index (χ2v) is 6.49. The summed E-state index contributed by atoms with van der Waals surface area (Å²) >= 11 is 1.65. The molecule has 1 heterocycles. The van der Waals surface area contributed by atoms with E-state index in [9.17, 15) is 10.1 Å². The molecule has 0 bridgehead atoms. The van der Waals surface area contributed by atoms with E-state index in [1.165, 1.54) is 0 Å². The first-order chi connectivity index (χ1) is 9.99. The van der Waals surface area contributed by atoms with Crippen molar-refractivity contribution in [3.8, 4) is 6.07 Å². The summed E-state index contributed by atoms with van der Waals surface area (Å²) in [4.78, 5) is 13.6. The summed E-state index contributed by atoms with van der Waals surface area (Å²) in [7, 11) is 0. The normalized spacial score (nSPS) is 16.1. The summed E-state index contributed by atoms with van der Waals surface area (Å²) < 4.78 is 5.40. The van der Waals surface area contributed by atoms with Gasteiger partial charge < -0.3 is 14.7 Å². The van der Waals surface area contributed by atoms with Crippen LogP contribution in [0.3, 0.4) is 0 Å². The zero-order valence-corrected chi connectivity index (χ0v) is 12.9. The first-order valence-corrected chi connectivity index (χ1v) is 7.74. The van der Waals surface area contributed by atoms with Crippen molar-refractivity contribution in [3.05, 3.63) is 23.8 Å². The number of ether oxygens (including phenoxy) is 1. The van der Waals surface area contributed by atoms with Crippen molar-refractivity contribution in [1.29, 1.82) is 5.26 Å². The Morgan fingerprint density at radius 3 is 2.86 bits per heavy atom. The number of nitriles is 1. The lowest BCUT2D eigenvalue weighted by Crippen LogP contribution is -2.62. The van der Waals surface area contributed by atoms with Crippen LogP contribution in [0.4, 0.5) is 5.69 Å². The van der Waals surface area contributed by atoms with E-state index in [-0.39, 0.29) is 6.61 Å². The maximum atomic E-state index is 10.6. The molecule has 5 nitrogen and oxygen atoms in total. The molecule has 21 heavy (non-hydrogen) atoms. The van der Waals surface area contributed by atoms with E-state index in [4.69, 9.17) is 9.84 Å². The fourth-order valence-corrected chi connectivity index (χ4v) is 3.21. The Balaban J connectivity index is 2.10. The average molecular weight is 306 g/mol. The van der Waals surface area contributed by atoms with Gasteiger partial charge >= 0.3 is 5.97 Å². The maximum absolute atomic E-state index is 10.6. The van der Waals surface area contributed by atoms with Gasteiger partial charge in [-0.2, -0.15) is 5.26 Å². The Labute approximate surface area is 128 Å². The molecule has 0 atom stereocenters. The van der Waals surface area contributed by atoms with Gasteiger partial charge in [0, 0.05) is 18.0 Å². The quantitative estimate of drug-likeness (QED) is 0.813. The Morgan fingerprint density at radius 2 is 2.29 bits per heavy atom. The van der Waals surface area contributed by atoms with Gasteiger partial charge in [0.2, 0.25) is 0 Å². The Morgan fingerprint density at radius 1 is 1.57 bits per heavy atom. The van der Waals surface area contributed by atoms with E-state index in [1.54, 1.807) is 11.8 Å². The van der Waals surface area contributed by atoms with Crippen LogP contribution in [0, 0.1) is 11.3 Å². The molecule has 1 N–H and O–H groups in total. The van der Waals surface area contributed by atoms with Crippen LogP contribution in [0.1, 0.15) is 19.4 Å². The van der Waals surface area contributed by atoms with E-state index in [2.05, 4.69) is 17.9 Å². The number of carbonyl (C=O) groups is 1. The van der Waals surface area contributed by atoms with E-state index in [1.807, 2.05) is 25.1 Å². The zero-order chi connectivity index (χ0) is 15.5. The lowest BCUT2D eigenvalue weighted by molar-refractivity contribution is -0.150. The molecule has 1 saturated heterocycles. The van der Waals surface area contributed by atoms with E-state index < -0.39 is 11.6 Å². The molecular weight excluding hydrogens is 288 g/mol. The molecule has 1 aliphatic rings. The minimum atomic E-state index is -0.964. The molecule has 2 rings (SSSR count). The summed E-state index contributed by atoms with van der Waals surface area (Å²) in [6, 6.07) is 8.10. The standard InChI is InChI=1S/C15H18N2O3S/c1-3-21-13-6-4-5-12(11(13)7-16)17-9-15(2,10-17)20-8-14(18)19/h4-6H,3,8-10H2,1-2H3,(H,18,19). The van der Waals surface area contributed by atoms with Crippen LogP contribution in [-0.4, -0.2) is 42.1 Å². The number of thioether (sulfide) groups is 1. The topological polar surface area (TPSA) is 73.6 Å². The van der Waals surface area contributed by atoms with Gasteiger partial charge in [-0.15, -0.1) is 11.8 Å².